The molecule has 104 valence electrons. The van der Waals surface area contributed by atoms with E-state index in [0.29, 0.717) is 0 Å². The van der Waals surface area contributed by atoms with Crippen LogP contribution in [0.15, 0.2) is 24.3 Å². The molecule has 2 heteroatoms. The highest BCUT2D eigenvalue weighted by Crippen LogP contribution is 2.15. The number of benzene rings is 1. The molecule has 1 atom stereocenters. The Morgan fingerprint density at radius 3 is 2.26 bits per heavy atom. The minimum absolute atomic E-state index is 0.0980. The summed E-state index contributed by atoms with van der Waals surface area (Å²) in [5.41, 5.74) is 2.06. The summed E-state index contributed by atoms with van der Waals surface area (Å²) in [6.45, 7) is 7.34. The van der Waals surface area contributed by atoms with E-state index in [2.05, 4.69) is 18.7 Å². The first-order valence-corrected chi connectivity index (χ1v) is 7.50. The predicted octanol–water partition coefficient (Wildman–Crippen LogP) is 3.69. The fourth-order valence-electron chi connectivity index (χ4n) is 2.79. The molecular weight excluding hydrogens is 234 g/mol. The van der Waals surface area contributed by atoms with E-state index < -0.39 is 0 Å². The lowest BCUT2D eigenvalue weighted by Crippen LogP contribution is -2.32. The van der Waals surface area contributed by atoms with E-state index in [9.17, 15) is 4.79 Å². The van der Waals surface area contributed by atoms with Crippen LogP contribution in [-0.2, 0) is 0 Å². The van der Waals surface area contributed by atoms with Crippen molar-refractivity contribution < 1.29 is 4.79 Å². The highest BCUT2D eigenvalue weighted by molar-refractivity contribution is 5.97. The summed E-state index contributed by atoms with van der Waals surface area (Å²) < 4.78 is 0. The molecule has 2 nitrogen and oxygen atoms in total. The molecule has 1 fully saturated rings. The summed E-state index contributed by atoms with van der Waals surface area (Å²) in [4.78, 5) is 14.9. The molecule has 1 saturated heterocycles. The summed E-state index contributed by atoms with van der Waals surface area (Å²) in [6.07, 6.45) is 5.25. The van der Waals surface area contributed by atoms with Gasteiger partial charge >= 0.3 is 0 Å². The second-order valence-corrected chi connectivity index (χ2v) is 5.85. The van der Waals surface area contributed by atoms with Crippen LogP contribution in [0.2, 0.25) is 0 Å². The van der Waals surface area contributed by atoms with Crippen molar-refractivity contribution in [1.82, 2.24) is 4.90 Å². The number of carbonyl (C=O) groups is 1. The van der Waals surface area contributed by atoms with Gasteiger partial charge in [0.2, 0.25) is 0 Å². The molecule has 19 heavy (non-hydrogen) atoms. The zero-order valence-electron chi connectivity index (χ0n) is 12.2. The Balaban J connectivity index is 1.92. The average molecular weight is 259 g/mol. The molecule has 1 aromatic carbocycles. The first-order chi connectivity index (χ1) is 9.16. The number of Topliss-reactive ketones (excluding diaryl/α,β-unsaturated/α-hetero) is 1. The van der Waals surface area contributed by atoms with E-state index in [-0.39, 0.29) is 11.7 Å². The molecule has 1 unspecified atom stereocenters. The van der Waals surface area contributed by atoms with Crippen molar-refractivity contribution in [1.29, 1.82) is 0 Å². The standard InChI is InChI=1S/C17H25NO/c1-14-7-9-16(10-8-14)17(19)15(2)13-18-11-5-3-4-6-12-18/h7-10,15H,3-6,11-13H2,1-2H3. The number of likely N-dealkylation sites (tertiary alicyclic amines) is 1. The van der Waals surface area contributed by atoms with Gasteiger partial charge in [-0.05, 0) is 32.9 Å². The number of aryl methyl sites for hydroxylation is 1. The zero-order chi connectivity index (χ0) is 13.7. The van der Waals surface area contributed by atoms with Gasteiger partial charge in [-0.15, -0.1) is 0 Å². The monoisotopic (exact) mass is 259 g/mol. The molecule has 1 aliphatic rings. The van der Waals surface area contributed by atoms with Crippen LogP contribution >= 0.6 is 0 Å². The maximum Gasteiger partial charge on any atom is 0.166 e. The lowest BCUT2D eigenvalue weighted by Gasteiger charge is -2.23. The third-order valence-corrected chi connectivity index (χ3v) is 4.01. The Kier molecular flexibility index (Phi) is 5.15. The van der Waals surface area contributed by atoms with Gasteiger partial charge < -0.3 is 4.90 Å². The zero-order valence-corrected chi connectivity index (χ0v) is 12.2. The van der Waals surface area contributed by atoms with Gasteiger partial charge in [0.1, 0.15) is 0 Å². The van der Waals surface area contributed by atoms with E-state index in [1.807, 2.05) is 24.3 Å². The summed E-state index contributed by atoms with van der Waals surface area (Å²) in [6, 6.07) is 7.95. The summed E-state index contributed by atoms with van der Waals surface area (Å²) >= 11 is 0. The third kappa shape index (κ3) is 4.17. The number of nitrogens with zero attached hydrogens (tertiary/aromatic N) is 1. The fraction of sp³-hybridized carbons (Fsp3) is 0.588. The van der Waals surface area contributed by atoms with Crippen LogP contribution < -0.4 is 0 Å². The van der Waals surface area contributed by atoms with Gasteiger partial charge in [0, 0.05) is 18.0 Å². The van der Waals surface area contributed by atoms with Crippen LogP contribution in [-0.4, -0.2) is 30.3 Å². The number of hydrogen-bond donors (Lipinski definition) is 0. The van der Waals surface area contributed by atoms with E-state index in [1.54, 1.807) is 0 Å². The molecule has 0 N–H and O–H groups in total. The highest BCUT2D eigenvalue weighted by Gasteiger charge is 2.19. The Bertz CT molecular complexity index is 402. The maximum atomic E-state index is 12.4. The van der Waals surface area contributed by atoms with Gasteiger partial charge in [0.25, 0.3) is 0 Å². The predicted molar refractivity (Wildman–Crippen MR) is 79.6 cm³/mol. The Morgan fingerprint density at radius 1 is 1.11 bits per heavy atom. The van der Waals surface area contributed by atoms with Gasteiger partial charge in [-0.3, -0.25) is 4.79 Å². The minimum atomic E-state index is 0.0980. The van der Waals surface area contributed by atoms with Crippen molar-refractivity contribution in [3.8, 4) is 0 Å². The summed E-state index contributed by atoms with van der Waals surface area (Å²) in [5.74, 6) is 0.380. The van der Waals surface area contributed by atoms with E-state index >= 15 is 0 Å². The van der Waals surface area contributed by atoms with Crippen LogP contribution in [0.25, 0.3) is 0 Å². The molecule has 0 bridgehead atoms. The lowest BCUT2D eigenvalue weighted by atomic mass is 9.98. The second kappa shape index (κ2) is 6.85. The van der Waals surface area contributed by atoms with E-state index in [0.717, 1.165) is 25.2 Å². The lowest BCUT2D eigenvalue weighted by molar-refractivity contribution is 0.0895. The number of ketones is 1. The third-order valence-electron chi connectivity index (χ3n) is 4.01. The normalized spacial score (nSPS) is 18.8. The Labute approximate surface area is 116 Å². The maximum absolute atomic E-state index is 12.4. The molecule has 0 radical (unpaired) electrons. The van der Waals surface area contributed by atoms with Crippen molar-refractivity contribution in [2.45, 2.75) is 39.5 Å². The van der Waals surface area contributed by atoms with Crippen molar-refractivity contribution >= 4 is 5.78 Å². The molecule has 2 rings (SSSR count). The van der Waals surface area contributed by atoms with Crippen molar-refractivity contribution in [2.24, 2.45) is 5.92 Å². The van der Waals surface area contributed by atoms with Crippen molar-refractivity contribution in [3.63, 3.8) is 0 Å². The van der Waals surface area contributed by atoms with Gasteiger partial charge in [0.15, 0.2) is 5.78 Å². The molecule has 1 aromatic rings. The SMILES string of the molecule is Cc1ccc(C(=O)C(C)CN2CCCCCC2)cc1. The number of rotatable bonds is 4. The highest BCUT2D eigenvalue weighted by atomic mass is 16.1. The largest absolute Gasteiger partial charge is 0.303 e. The van der Waals surface area contributed by atoms with Crippen molar-refractivity contribution in [3.05, 3.63) is 35.4 Å². The molecule has 1 heterocycles. The molecule has 0 aliphatic carbocycles. The fourth-order valence-corrected chi connectivity index (χ4v) is 2.79. The first-order valence-electron chi connectivity index (χ1n) is 7.50. The smallest absolute Gasteiger partial charge is 0.166 e. The topological polar surface area (TPSA) is 20.3 Å². The van der Waals surface area contributed by atoms with Gasteiger partial charge in [-0.1, -0.05) is 49.6 Å². The molecule has 0 spiro atoms. The first kappa shape index (κ1) is 14.3. The molecule has 0 aromatic heterocycles. The Morgan fingerprint density at radius 2 is 1.68 bits per heavy atom. The number of carbonyl (C=O) groups excluding carboxylic acids is 1. The molecular formula is C17H25NO. The van der Waals surface area contributed by atoms with Crippen molar-refractivity contribution in [2.75, 3.05) is 19.6 Å². The van der Waals surface area contributed by atoms with Gasteiger partial charge in [-0.2, -0.15) is 0 Å². The van der Waals surface area contributed by atoms with E-state index in [4.69, 9.17) is 0 Å². The van der Waals surface area contributed by atoms with Crippen LogP contribution in [0.1, 0.15) is 48.5 Å². The van der Waals surface area contributed by atoms with Gasteiger partial charge in [-0.25, -0.2) is 0 Å². The molecule has 0 amide bonds. The van der Waals surface area contributed by atoms with Crippen LogP contribution in [0, 0.1) is 12.8 Å². The van der Waals surface area contributed by atoms with Gasteiger partial charge in [0.05, 0.1) is 0 Å². The summed E-state index contributed by atoms with van der Waals surface area (Å²) in [7, 11) is 0. The molecule has 1 aliphatic heterocycles. The second-order valence-electron chi connectivity index (χ2n) is 5.85. The number of hydrogen-bond acceptors (Lipinski definition) is 2. The van der Waals surface area contributed by atoms with E-state index in [1.165, 1.54) is 31.2 Å². The minimum Gasteiger partial charge on any atom is -0.303 e. The quantitative estimate of drug-likeness (QED) is 0.769. The van der Waals surface area contributed by atoms with Crippen LogP contribution in [0.5, 0.6) is 0 Å². The van der Waals surface area contributed by atoms with Crippen LogP contribution in [0.3, 0.4) is 0 Å². The van der Waals surface area contributed by atoms with Crippen LogP contribution in [0.4, 0.5) is 0 Å². The average Bonchev–Trinajstić information content (AvgIpc) is 2.67. The Hall–Kier alpha value is -1.15. The summed E-state index contributed by atoms with van der Waals surface area (Å²) in [5, 5.41) is 0. The molecule has 0 saturated carbocycles.